The highest BCUT2D eigenvalue weighted by atomic mass is 16.2. The molecule has 0 spiro atoms. The van der Waals surface area contributed by atoms with Crippen LogP contribution >= 0.6 is 0 Å². The van der Waals surface area contributed by atoms with Gasteiger partial charge in [-0.25, -0.2) is 9.97 Å². The van der Waals surface area contributed by atoms with Gasteiger partial charge < -0.3 is 9.88 Å². The number of imidazole rings is 1. The van der Waals surface area contributed by atoms with E-state index < -0.39 is 0 Å². The van der Waals surface area contributed by atoms with Gasteiger partial charge in [-0.15, -0.1) is 0 Å². The Bertz CT molecular complexity index is 973. The molecule has 2 N–H and O–H groups in total. The first-order valence-electron chi connectivity index (χ1n) is 9.36. The van der Waals surface area contributed by atoms with Gasteiger partial charge in [-0.2, -0.15) is 5.10 Å². The van der Waals surface area contributed by atoms with Gasteiger partial charge in [-0.1, -0.05) is 23.8 Å². The van der Waals surface area contributed by atoms with Crippen molar-refractivity contribution in [1.29, 1.82) is 0 Å². The molecule has 0 bridgehead atoms. The summed E-state index contributed by atoms with van der Waals surface area (Å²) in [6.07, 6.45) is 2.92. The van der Waals surface area contributed by atoms with Crippen molar-refractivity contribution < 1.29 is 4.79 Å². The minimum Gasteiger partial charge on any atom is -0.341 e. The summed E-state index contributed by atoms with van der Waals surface area (Å²) in [5.74, 6) is 2.12. The highest BCUT2D eigenvalue weighted by molar-refractivity contribution is 5.94. The third-order valence-corrected chi connectivity index (χ3v) is 5.06. The van der Waals surface area contributed by atoms with Crippen LogP contribution in [0.1, 0.15) is 58.7 Å². The maximum absolute atomic E-state index is 13.3. The van der Waals surface area contributed by atoms with Gasteiger partial charge in [0.2, 0.25) is 0 Å². The number of amides is 1. The van der Waals surface area contributed by atoms with Crippen LogP contribution in [-0.2, 0) is 0 Å². The zero-order valence-electron chi connectivity index (χ0n) is 15.9. The third kappa shape index (κ3) is 3.37. The highest BCUT2D eigenvalue weighted by Crippen LogP contribution is 2.31. The second-order valence-electron chi connectivity index (χ2n) is 7.22. The van der Waals surface area contributed by atoms with Crippen LogP contribution in [0, 0.1) is 20.8 Å². The molecule has 27 heavy (non-hydrogen) atoms. The number of hydrogen-bond donors (Lipinski definition) is 2. The molecule has 1 fully saturated rings. The number of aromatic nitrogens is 5. The Morgan fingerprint density at radius 1 is 1.19 bits per heavy atom. The van der Waals surface area contributed by atoms with Crippen LogP contribution in [0.3, 0.4) is 0 Å². The number of nitrogens with one attached hydrogen (secondary N) is 2. The summed E-state index contributed by atoms with van der Waals surface area (Å²) in [7, 11) is 0. The van der Waals surface area contributed by atoms with Gasteiger partial charge in [0, 0.05) is 17.8 Å². The van der Waals surface area contributed by atoms with E-state index in [2.05, 4.69) is 31.2 Å². The molecule has 0 saturated carbocycles. The van der Waals surface area contributed by atoms with E-state index in [1.807, 2.05) is 43.9 Å². The van der Waals surface area contributed by atoms with Gasteiger partial charge in [0.15, 0.2) is 5.82 Å². The lowest BCUT2D eigenvalue weighted by atomic mass is 10.0. The van der Waals surface area contributed by atoms with E-state index in [1.165, 1.54) is 0 Å². The Kier molecular flexibility index (Phi) is 4.51. The summed E-state index contributed by atoms with van der Waals surface area (Å²) >= 11 is 0. The monoisotopic (exact) mass is 364 g/mol. The van der Waals surface area contributed by atoms with Crippen molar-refractivity contribution in [3.05, 3.63) is 52.9 Å². The number of carbonyl (C=O) groups is 1. The first-order valence-corrected chi connectivity index (χ1v) is 9.36. The minimum absolute atomic E-state index is 0.0604. The molecule has 1 amide bonds. The van der Waals surface area contributed by atoms with Crippen molar-refractivity contribution in [2.75, 3.05) is 6.54 Å². The minimum atomic E-state index is -0.102. The quantitative estimate of drug-likeness (QED) is 0.744. The maximum atomic E-state index is 13.3. The van der Waals surface area contributed by atoms with E-state index in [0.29, 0.717) is 18.1 Å². The molecular formula is C20H24N6O. The SMILES string of the molecule is Cc1cccc(-c2nc(C(=O)N3CCCCC3c3n[nH]c(C)n3)c(C)[nH]2)c1. The predicted octanol–water partition coefficient (Wildman–Crippen LogP) is 3.49. The molecule has 1 aliphatic rings. The smallest absolute Gasteiger partial charge is 0.274 e. The lowest BCUT2D eigenvalue weighted by molar-refractivity contribution is 0.0594. The van der Waals surface area contributed by atoms with Crippen LogP contribution < -0.4 is 0 Å². The zero-order valence-corrected chi connectivity index (χ0v) is 15.9. The number of hydrogen-bond acceptors (Lipinski definition) is 4. The molecule has 0 aliphatic carbocycles. The Labute approximate surface area is 158 Å². The molecule has 1 aliphatic heterocycles. The Morgan fingerprint density at radius 3 is 2.78 bits per heavy atom. The van der Waals surface area contributed by atoms with E-state index >= 15 is 0 Å². The molecule has 1 aromatic carbocycles. The maximum Gasteiger partial charge on any atom is 0.274 e. The molecule has 1 atom stereocenters. The molecule has 2 aromatic heterocycles. The Balaban J connectivity index is 1.65. The first kappa shape index (κ1) is 17.5. The van der Waals surface area contributed by atoms with Gasteiger partial charge in [0.25, 0.3) is 5.91 Å². The number of benzene rings is 1. The molecule has 0 radical (unpaired) electrons. The molecule has 3 heterocycles. The van der Waals surface area contributed by atoms with Crippen LogP contribution in [0.25, 0.3) is 11.4 Å². The first-order chi connectivity index (χ1) is 13.0. The van der Waals surface area contributed by atoms with E-state index in [1.54, 1.807) is 0 Å². The lowest BCUT2D eigenvalue weighted by Gasteiger charge is -2.33. The molecule has 3 aromatic rings. The van der Waals surface area contributed by atoms with Crippen molar-refractivity contribution in [2.24, 2.45) is 0 Å². The third-order valence-electron chi connectivity index (χ3n) is 5.06. The standard InChI is InChI=1S/C20H24N6O/c1-12-7-6-8-15(11-12)18-21-13(2)17(23-18)20(27)26-10-5-4-9-16(26)19-22-14(3)24-25-19/h6-8,11,16H,4-5,9-10H2,1-3H3,(H,21,23)(H,22,24,25). The van der Waals surface area contributed by atoms with Crippen LogP contribution in [0.2, 0.25) is 0 Å². The number of likely N-dealkylation sites (tertiary alicyclic amines) is 1. The van der Waals surface area contributed by atoms with Crippen LogP contribution in [0.15, 0.2) is 24.3 Å². The van der Waals surface area contributed by atoms with Crippen molar-refractivity contribution in [1.82, 2.24) is 30.0 Å². The van der Waals surface area contributed by atoms with Gasteiger partial charge >= 0.3 is 0 Å². The van der Waals surface area contributed by atoms with Crippen molar-refractivity contribution in [3.63, 3.8) is 0 Å². The number of aryl methyl sites for hydroxylation is 3. The highest BCUT2D eigenvalue weighted by Gasteiger charge is 2.33. The second kappa shape index (κ2) is 6.98. The molecular weight excluding hydrogens is 340 g/mol. The summed E-state index contributed by atoms with van der Waals surface area (Å²) in [5, 5.41) is 7.18. The van der Waals surface area contributed by atoms with Crippen LogP contribution in [0.4, 0.5) is 0 Å². The van der Waals surface area contributed by atoms with Crippen LogP contribution in [-0.4, -0.2) is 42.5 Å². The molecule has 1 unspecified atom stereocenters. The Morgan fingerprint density at radius 2 is 2.04 bits per heavy atom. The number of carbonyl (C=O) groups excluding carboxylic acids is 1. The average Bonchev–Trinajstić information content (AvgIpc) is 3.27. The second-order valence-corrected chi connectivity index (χ2v) is 7.22. The number of rotatable bonds is 3. The number of aromatic amines is 2. The summed E-state index contributed by atoms with van der Waals surface area (Å²) in [4.78, 5) is 27.5. The van der Waals surface area contributed by atoms with Gasteiger partial charge in [-0.05, 0) is 46.1 Å². The summed E-state index contributed by atoms with van der Waals surface area (Å²) in [5.41, 5.74) is 3.40. The number of H-pyrrole nitrogens is 2. The molecule has 1 saturated heterocycles. The predicted molar refractivity (Wildman–Crippen MR) is 102 cm³/mol. The topological polar surface area (TPSA) is 90.6 Å². The fourth-order valence-corrected chi connectivity index (χ4v) is 3.69. The summed E-state index contributed by atoms with van der Waals surface area (Å²) < 4.78 is 0. The fourth-order valence-electron chi connectivity index (χ4n) is 3.69. The van der Waals surface area contributed by atoms with Gasteiger partial charge in [-0.3, -0.25) is 9.89 Å². The lowest BCUT2D eigenvalue weighted by Crippen LogP contribution is -2.39. The van der Waals surface area contributed by atoms with E-state index in [-0.39, 0.29) is 11.9 Å². The van der Waals surface area contributed by atoms with Crippen molar-refractivity contribution >= 4 is 5.91 Å². The fraction of sp³-hybridized carbons (Fsp3) is 0.400. The number of piperidine rings is 1. The average molecular weight is 364 g/mol. The van der Waals surface area contributed by atoms with Crippen LogP contribution in [0.5, 0.6) is 0 Å². The van der Waals surface area contributed by atoms with Gasteiger partial charge in [0.05, 0.1) is 6.04 Å². The molecule has 4 rings (SSSR count). The molecule has 7 nitrogen and oxygen atoms in total. The zero-order chi connectivity index (χ0) is 19.0. The van der Waals surface area contributed by atoms with Crippen molar-refractivity contribution in [2.45, 2.75) is 46.1 Å². The van der Waals surface area contributed by atoms with E-state index in [9.17, 15) is 4.79 Å². The normalized spacial score (nSPS) is 17.3. The largest absolute Gasteiger partial charge is 0.341 e. The van der Waals surface area contributed by atoms with E-state index in [4.69, 9.17) is 0 Å². The summed E-state index contributed by atoms with van der Waals surface area (Å²) in [6, 6.07) is 8.00. The molecule has 140 valence electrons. The van der Waals surface area contributed by atoms with Gasteiger partial charge in [0.1, 0.15) is 17.3 Å². The molecule has 7 heteroatoms. The van der Waals surface area contributed by atoms with E-state index in [0.717, 1.165) is 47.7 Å². The van der Waals surface area contributed by atoms with Crippen molar-refractivity contribution in [3.8, 4) is 11.4 Å². The number of nitrogens with zero attached hydrogens (tertiary/aromatic N) is 4. The Hall–Kier alpha value is -2.96. The summed E-state index contributed by atoms with van der Waals surface area (Å²) in [6.45, 7) is 6.51.